The van der Waals surface area contributed by atoms with Crippen LogP contribution in [0.4, 0.5) is 0 Å². The highest BCUT2D eigenvalue weighted by molar-refractivity contribution is 9.10. The molecular weight excluding hydrogens is 376 g/mol. The minimum Gasteiger partial charge on any atom is -0.457 e. The Morgan fingerprint density at radius 3 is 2.52 bits per heavy atom. The molecule has 0 saturated heterocycles. The van der Waals surface area contributed by atoms with Crippen LogP contribution in [0.5, 0.6) is 11.5 Å². The molecule has 4 aromatic rings. The number of halogens is 1. The second-order valence-corrected chi connectivity index (χ2v) is 6.54. The van der Waals surface area contributed by atoms with E-state index in [0.717, 1.165) is 38.1 Å². The zero-order chi connectivity index (χ0) is 17.1. The van der Waals surface area contributed by atoms with Gasteiger partial charge in [-0.15, -0.1) is 0 Å². The van der Waals surface area contributed by atoms with Gasteiger partial charge in [-0.25, -0.2) is 0 Å². The molecule has 122 valence electrons. The predicted molar refractivity (Wildman–Crippen MR) is 106 cm³/mol. The fourth-order valence-electron chi connectivity index (χ4n) is 2.62. The van der Waals surface area contributed by atoms with E-state index in [0.29, 0.717) is 0 Å². The highest BCUT2D eigenvalue weighted by atomic mass is 79.9. The van der Waals surface area contributed by atoms with Crippen LogP contribution in [0.25, 0.3) is 23.1 Å². The van der Waals surface area contributed by atoms with E-state index in [1.165, 1.54) is 0 Å². The number of nitrogens with zero attached hydrogens (tertiary/aromatic N) is 1. The molecule has 3 aromatic carbocycles. The molecule has 0 radical (unpaired) electrons. The van der Waals surface area contributed by atoms with E-state index in [2.05, 4.69) is 44.3 Å². The van der Waals surface area contributed by atoms with Crippen LogP contribution in [0.15, 0.2) is 77.3 Å². The minimum absolute atomic E-state index is 0.771. The zero-order valence-electron chi connectivity index (χ0n) is 13.3. The van der Waals surface area contributed by atoms with Crippen molar-refractivity contribution >= 4 is 39.0 Å². The first-order chi connectivity index (χ1) is 12.3. The summed E-state index contributed by atoms with van der Waals surface area (Å²) in [5, 5.41) is 8.53. The zero-order valence-corrected chi connectivity index (χ0v) is 14.9. The van der Waals surface area contributed by atoms with Crippen molar-refractivity contribution in [1.29, 1.82) is 0 Å². The Morgan fingerprint density at radius 1 is 0.840 bits per heavy atom. The molecule has 0 bridgehead atoms. The van der Waals surface area contributed by atoms with Gasteiger partial charge in [0.05, 0.1) is 11.2 Å². The van der Waals surface area contributed by atoms with E-state index in [9.17, 15) is 0 Å². The van der Waals surface area contributed by atoms with Crippen molar-refractivity contribution in [2.75, 3.05) is 0 Å². The second-order valence-electron chi connectivity index (χ2n) is 5.62. The number of ether oxygens (including phenoxy) is 1. The fraction of sp³-hybridized carbons (Fsp3) is 0. The van der Waals surface area contributed by atoms with Crippen molar-refractivity contribution in [2.24, 2.45) is 0 Å². The number of fused-ring (bicyclic) bond motifs is 1. The number of aromatic amines is 1. The summed E-state index contributed by atoms with van der Waals surface area (Å²) in [5.41, 5.74) is 3.00. The molecule has 4 heteroatoms. The van der Waals surface area contributed by atoms with Gasteiger partial charge in [-0.05, 0) is 42.0 Å². The van der Waals surface area contributed by atoms with Gasteiger partial charge < -0.3 is 4.74 Å². The molecule has 0 atom stereocenters. The van der Waals surface area contributed by atoms with Gasteiger partial charge >= 0.3 is 0 Å². The van der Waals surface area contributed by atoms with Gasteiger partial charge in [-0.2, -0.15) is 5.10 Å². The Morgan fingerprint density at radius 2 is 1.68 bits per heavy atom. The lowest BCUT2D eigenvalue weighted by Gasteiger charge is -2.05. The normalized spacial score (nSPS) is 11.2. The third-order valence-corrected chi connectivity index (χ3v) is 4.32. The first kappa shape index (κ1) is 15.7. The summed E-state index contributed by atoms with van der Waals surface area (Å²) in [7, 11) is 0. The summed E-state index contributed by atoms with van der Waals surface area (Å²) in [6.07, 6.45) is 4.07. The smallest absolute Gasteiger partial charge is 0.129 e. The highest BCUT2D eigenvalue weighted by Gasteiger charge is 2.05. The predicted octanol–water partition coefficient (Wildman–Crippen LogP) is 6.29. The summed E-state index contributed by atoms with van der Waals surface area (Å²) in [6, 6.07) is 23.9. The lowest BCUT2D eigenvalue weighted by molar-refractivity contribution is 0.483. The quantitative estimate of drug-likeness (QED) is 0.444. The molecule has 0 aliphatic heterocycles. The molecule has 4 rings (SSSR count). The van der Waals surface area contributed by atoms with Crippen LogP contribution < -0.4 is 4.74 Å². The summed E-state index contributed by atoms with van der Waals surface area (Å²) in [4.78, 5) is 0. The average molecular weight is 391 g/mol. The first-order valence-corrected chi connectivity index (χ1v) is 8.72. The molecule has 0 fully saturated rings. The Labute approximate surface area is 154 Å². The Kier molecular flexibility index (Phi) is 4.36. The average Bonchev–Trinajstić information content (AvgIpc) is 3.03. The highest BCUT2D eigenvalue weighted by Crippen LogP contribution is 2.28. The Hall–Kier alpha value is -2.85. The fourth-order valence-corrected chi connectivity index (χ4v) is 2.99. The van der Waals surface area contributed by atoms with Gasteiger partial charge in [0.1, 0.15) is 11.5 Å². The molecule has 0 aliphatic rings. The largest absolute Gasteiger partial charge is 0.457 e. The molecule has 0 amide bonds. The molecule has 1 N–H and O–H groups in total. The van der Waals surface area contributed by atoms with E-state index < -0.39 is 0 Å². The number of nitrogens with one attached hydrogen (secondary N) is 1. The van der Waals surface area contributed by atoms with Crippen molar-refractivity contribution in [3.8, 4) is 11.5 Å². The molecule has 25 heavy (non-hydrogen) atoms. The second kappa shape index (κ2) is 6.95. The summed E-state index contributed by atoms with van der Waals surface area (Å²) in [6.45, 7) is 0. The number of benzene rings is 3. The van der Waals surface area contributed by atoms with Gasteiger partial charge in [0, 0.05) is 15.9 Å². The van der Waals surface area contributed by atoms with Crippen LogP contribution in [-0.4, -0.2) is 10.2 Å². The number of H-pyrrole nitrogens is 1. The van der Waals surface area contributed by atoms with Crippen LogP contribution >= 0.6 is 15.9 Å². The van der Waals surface area contributed by atoms with E-state index in [-0.39, 0.29) is 0 Å². The van der Waals surface area contributed by atoms with Crippen molar-refractivity contribution in [2.45, 2.75) is 0 Å². The van der Waals surface area contributed by atoms with E-state index in [1.54, 1.807) is 0 Å². The van der Waals surface area contributed by atoms with Gasteiger partial charge in [-0.3, -0.25) is 5.10 Å². The summed E-state index contributed by atoms with van der Waals surface area (Å²) < 4.78 is 6.90. The maximum Gasteiger partial charge on any atom is 0.129 e. The molecule has 1 heterocycles. The van der Waals surface area contributed by atoms with Crippen LogP contribution in [0.3, 0.4) is 0 Å². The first-order valence-electron chi connectivity index (χ1n) is 7.93. The SMILES string of the molecule is Brc1cccc(Oc2ccc3c(C=Cc4ccccc4)n[nH]c3c2)c1. The standard InChI is InChI=1S/C21H15BrN2O/c22-16-7-4-8-17(13-16)25-18-10-11-19-20(23-24-21(19)14-18)12-9-15-5-2-1-3-6-15/h1-14H,(H,23,24). The molecule has 3 nitrogen and oxygen atoms in total. The maximum atomic E-state index is 5.91. The van der Waals surface area contributed by atoms with Crippen LogP contribution in [0.2, 0.25) is 0 Å². The minimum atomic E-state index is 0.771. The Bertz CT molecular complexity index is 1040. The van der Waals surface area contributed by atoms with Crippen LogP contribution in [-0.2, 0) is 0 Å². The number of aromatic nitrogens is 2. The van der Waals surface area contributed by atoms with Crippen molar-refractivity contribution in [1.82, 2.24) is 10.2 Å². The molecule has 0 spiro atoms. The van der Waals surface area contributed by atoms with E-state index in [1.807, 2.05) is 66.7 Å². The summed E-state index contributed by atoms with van der Waals surface area (Å²) >= 11 is 3.45. The Balaban J connectivity index is 1.59. The lowest BCUT2D eigenvalue weighted by Crippen LogP contribution is -1.84. The maximum absolute atomic E-state index is 5.91. The van der Waals surface area contributed by atoms with E-state index in [4.69, 9.17) is 4.74 Å². The molecule has 0 unspecified atom stereocenters. The topological polar surface area (TPSA) is 37.9 Å². The van der Waals surface area contributed by atoms with Crippen molar-refractivity contribution < 1.29 is 4.74 Å². The third-order valence-electron chi connectivity index (χ3n) is 3.83. The van der Waals surface area contributed by atoms with Gasteiger partial charge in [0.2, 0.25) is 0 Å². The van der Waals surface area contributed by atoms with Gasteiger partial charge in [0.15, 0.2) is 0 Å². The van der Waals surface area contributed by atoms with Crippen LogP contribution in [0, 0.1) is 0 Å². The third kappa shape index (κ3) is 3.64. The number of hydrogen-bond donors (Lipinski definition) is 1. The molecule has 0 aliphatic carbocycles. The van der Waals surface area contributed by atoms with Crippen LogP contribution in [0.1, 0.15) is 11.3 Å². The molecule has 0 saturated carbocycles. The molecule has 1 aromatic heterocycles. The summed E-state index contributed by atoms with van der Waals surface area (Å²) in [5.74, 6) is 1.56. The van der Waals surface area contributed by atoms with Gasteiger partial charge in [-0.1, -0.05) is 58.4 Å². The lowest BCUT2D eigenvalue weighted by atomic mass is 10.1. The number of hydrogen-bond acceptors (Lipinski definition) is 2. The number of rotatable bonds is 4. The monoisotopic (exact) mass is 390 g/mol. The van der Waals surface area contributed by atoms with Crippen molar-refractivity contribution in [3.63, 3.8) is 0 Å². The van der Waals surface area contributed by atoms with Crippen molar-refractivity contribution in [3.05, 3.63) is 88.5 Å². The van der Waals surface area contributed by atoms with E-state index >= 15 is 0 Å². The molecular formula is C21H15BrN2O. The van der Waals surface area contributed by atoms with Gasteiger partial charge in [0.25, 0.3) is 0 Å².